The highest BCUT2D eigenvalue weighted by Crippen LogP contribution is 2.10. The van der Waals surface area contributed by atoms with E-state index in [1.54, 1.807) is 20.0 Å². The van der Waals surface area contributed by atoms with Crippen molar-refractivity contribution in [2.75, 3.05) is 0 Å². The highest BCUT2D eigenvalue weighted by Gasteiger charge is 2.06. The van der Waals surface area contributed by atoms with Crippen LogP contribution in [0.1, 0.15) is 5.69 Å². The van der Waals surface area contributed by atoms with Gasteiger partial charge in [-0.15, -0.1) is 0 Å². The van der Waals surface area contributed by atoms with Crippen molar-refractivity contribution >= 4 is 6.16 Å². The first-order valence-corrected chi connectivity index (χ1v) is 3.01. The summed E-state index contributed by atoms with van der Waals surface area (Å²) in [4.78, 5) is 10.1. The maximum atomic E-state index is 10.1. The van der Waals surface area contributed by atoms with E-state index in [-0.39, 0.29) is 5.88 Å². The third kappa shape index (κ3) is 1.70. The van der Waals surface area contributed by atoms with E-state index in [1.165, 1.54) is 4.68 Å². The average Bonchev–Trinajstić information content (AvgIpc) is 2.09. The molecule has 0 fully saturated rings. The predicted molar refractivity (Wildman–Crippen MR) is 36.6 cm³/mol. The number of hydrogen-bond donors (Lipinski definition) is 1. The van der Waals surface area contributed by atoms with Gasteiger partial charge in [0.1, 0.15) is 0 Å². The Bertz CT molecular complexity index is 279. The third-order valence-corrected chi connectivity index (χ3v) is 1.15. The predicted octanol–water partition coefficient (Wildman–Crippen LogP) is 0.785. The molecule has 0 radical (unpaired) electrons. The van der Waals surface area contributed by atoms with E-state index in [2.05, 4.69) is 9.84 Å². The van der Waals surface area contributed by atoms with Crippen molar-refractivity contribution < 1.29 is 14.6 Å². The molecular formula is C6H8N2O3. The summed E-state index contributed by atoms with van der Waals surface area (Å²) in [5.74, 6) is 0.231. The summed E-state index contributed by atoms with van der Waals surface area (Å²) in [6.07, 6.45) is -1.33. The smallest absolute Gasteiger partial charge is 0.449 e. The largest absolute Gasteiger partial charge is 0.512 e. The first-order valence-electron chi connectivity index (χ1n) is 3.01. The molecule has 0 atom stereocenters. The van der Waals surface area contributed by atoms with Crippen LogP contribution >= 0.6 is 0 Å². The molecule has 1 aromatic rings. The molecular weight excluding hydrogens is 148 g/mol. The number of nitrogens with zero attached hydrogens (tertiary/aromatic N) is 2. The highest BCUT2D eigenvalue weighted by atomic mass is 16.7. The number of ether oxygens (including phenoxy) is 1. The average molecular weight is 156 g/mol. The number of aryl methyl sites for hydroxylation is 2. The Labute approximate surface area is 63.2 Å². The Morgan fingerprint density at radius 3 is 2.82 bits per heavy atom. The fourth-order valence-electron chi connectivity index (χ4n) is 0.772. The van der Waals surface area contributed by atoms with E-state index in [9.17, 15) is 4.79 Å². The summed E-state index contributed by atoms with van der Waals surface area (Å²) in [6, 6.07) is 1.55. The lowest BCUT2D eigenvalue weighted by Gasteiger charge is -1.96. The van der Waals surface area contributed by atoms with Crippen LogP contribution in [0.4, 0.5) is 4.79 Å². The lowest BCUT2D eigenvalue weighted by Crippen LogP contribution is -2.06. The maximum Gasteiger partial charge on any atom is 0.512 e. The van der Waals surface area contributed by atoms with E-state index in [1.807, 2.05) is 0 Å². The summed E-state index contributed by atoms with van der Waals surface area (Å²) >= 11 is 0. The third-order valence-electron chi connectivity index (χ3n) is 1.15. The number of carbonyl (C=O) groups is 1. The van der Waals surface area contributed by atoms with Gasteiger partial charge in [0.2, 0.25) is 5.88 Å². The van der Waals surface area contributed by atoms with Gasteiger partial charge in [-0.05, 0) is 6.92 Å². The zero-order chi connectivity index (χ0) is 8.43. The molecule has 0 aliphatic heterocycles. The lowest BCUT2D eigenvalue weighted by molar-refractivity contribution is 0.140. The molecule has 0 spiro atoms. The van der Waals surface area contributed by atoms with Crippen LogP contribution in [-0.2, 0) is 7.05 Å². The van der Waals surface area contributed by atoms with Crippen LogP contribution in [0.3, 0.4) is 0 Å². The molecule has 0 aliphatic carbocycles. The number of hydrogen-bond acceptors (Lipinski definition) is 3. The van der Waals surface area contributed by atoms with Crippen molar-refractivity contribution in [3.63, 3.8) is 0 Å². The monoisotopic (exact) mass is 156 g/mol. The molecule has 0 unspecified atom stereocenters. The Hall–Kier alpha value is -1.52. The minimum absolute atomic E-state index is 0.231. The van der Waals surface area contributed by atoms with Crippen LogP contribution in [0.25, 0.3) is 0 Å². The van der Waals surface area contributed by atoms with Crippen LogP contribution in [-0.4, -0.2) is 21.0 Å². The molecule has 0 saturated heterocycles. The number of carboxylic acid groups (broad SMARTS) is 1. The van der Waals surface area contributed by atoms with Gasteiger partial charge < -0.3 is 9.84 Å². The van der Waals surface area contributed by atoms with Crippen LogP contribution in [0.15, 0.2) is 6.07 Å². The van der Waals surface area contributed by atoms with E-state index in [4.69, 9.17) is 5.11 Å². The fourth-order valence-corrected chi connectivity index (χ4v) is 0.772. The van der Waals surface area contributed by atoms with Gasteiger partial charge in [-0.25, -0.2) is 9.48 Å². The van der Waals surface area contributed by atoms with E-state index < -0.39 is 6.16 Å². The molecule has 5 heteroatoms. The van der Waals surface area contributed by atoms with Crippen molar-refractivity contribution in [2.45, 2.75) is 6.92 Å². The second kappa shape index (κ2) is 2.61. The molecule has 0 aromatic carbocycles. The molecule has 0 bridgehead atoms. The van der Waals surface area contributed by atoms with Crippen molar-refractivity contribution in [2.24, 2.45) is 7.05 Å². The zero-order valence-electron chi connectivity index (χ0n) is 6.24. The Kier molecular flexibility index (Phi) is 1.80. The van der Waals surface area contributed by atoms with E-state index in [0.29, 0.717) is 0 Å². The fraction of sp³-hybridized carbons (Fsp3) is 0.333. The van der Waals surface area contributed by atoms with Crippen LogP contribution in [0.5, 0.6) is 5.88 Å². The highest BCUT2D eigenvalue weighted by molar-refractivity contribution is 5.60. The molecule has 0 aliphatic rings. The summed E-state index contributed by atoms with van der Waals surface area (Å²) in [6.45, 7) is 1.76. The second-order valence-electron chi connectivity index (χ2n) is 2.12. The molecule has 0 saturated carbocycles. The van der Waals surface area contributed by atoms with Crippen LogP contribution in [0.2, 0.25) is 0 Å². The first kappa shape index (κ1) is 7.59. The molecule has 1 heterocycles. The van der Waals surface area contributed by atoms with Crippen molar-refractivity contribution in [3.05, 3.63) is 11.8 Å². The van der Waals surface area contributed by atoms with Crippen LogP contribution in [0, 0.1) is 6.92 Å². The summed E-state index contributed by atoms with van der Waals surface area (Å²) < 4.78 is 5.75. The van der Waals surface area contributed by atoms with Gasteiger partial charge in [-0.1, -0.05) is 0 Å². The summed E-state index contributed by atoms with van der Waals surface area (Å²) in [7, 11) is 1.62. The van der Waals surface area contributed by atoms with Gasteiger partial charge in [-0.2, -0.15) is 5.10 Å². The molecule has 1 N–H and O–H groups in total. The van der Waals surface area contributed by atoms with Gasteiger partial charge in [0.25, 0.3) is 0 Å². The Balaban J connectivity index is 2.85. The SMILES string of the molecule is Cc1cc(OC(=O)O)n(C)n1. The standard InChI is InChI=1S/C6H8N2O3/c1-4-3-5(8(2)7-4)11-6(9)10/h3H,1-2H3,(H,9,10). The van der Waals surface area contributed by atoms with Crippen molar-refractivity contribution in [1.29, 1.82) is 0 Å². The first-order chi connectivity index (χ1) is 5.09. The van der Waals surface area contributed by atoms with E-state index >= 15 is 0 Å². The maximum absolute atomic E-state index is 10.1. The van der Waals surface area contributed by atoms with Crippen LogP contribution < -0.4 is 4.74 Å². The number of rotatable bonds is 1. The Morgan fingerprint density at radius 2 is 2.45 bits per heavy atom. The second-order valence-corrected chi connectivity index (χ2v) is 2.12. The van der Waals surface area contributed by atoms with Gasteiger partial charge in [0.15, 0.2) is 0 Å². The van der Waals surface area contributed by atoms with Crippen molar-refractivity contribution in [1.82, 2.24) is 9.78 Å². The van der Waals surface area contributed by atoms with Gasteiger partial charge in [0, 0.05) is 13.1 Å². The zero-order valence-corrected chi connectivity index (χ0v) is 6.24. The number of aromatic nitrogens is 2. The molecule has 1 rings (SSSR count). The van der Waals surface area contributed by atoms with Crippen molar-refractivity contribution in [3.8, 4) is 5.88 Å². The van der Waals surface area contributed by atoms with E-state index in [0.717, 1.165) is 5.69 Å². The summed E-state index contributed by atoms with van der Waals surface area (Å²) in [5, 5.41) is 12.1. The molecule has 11 heavy (non-hydrogen) atoms. The molecule has 60 valence electrons. The normalized spacial score (nSPS) is 9.64. The topological polar surface area (TPSA) is 64.3 Å². The molecule has 5 nitrogen and oxygen atoms in total. The quantitative estimate of drug-likeness (QED) is 0.610. The van der Waals surface area contributed by atoms with Gasteiger partial charge >= 0.3 is 6.16 Å². The molecule has 0 amide bonds. The molecule has 1 aromatic heterocycles. The Morgan fingerprint density at radius 1 is 1.82 bits per heavy atom. The van der Waals surface area contributed by atoms with Gasteiger partial charge in [-0.3, -0.25) is 0 Å². The summed E-state index contributed by atoms with van der Waals surface area (Å²) in [5.41, 5.74) is 0.726. The van der Waals surface area contributed by atoms with Gasteiger partial charge in [0.05, 0.1) is 5.69 Å². The lowest BCUT2D eigenvalue weighted by atomic mass is 10.5. The minimum Gasteiger partial charge on any atom is -0.449 e. The minimum atomic E-state index is -1.33.